The summed E-state index contributed by atoms with van der Waals surface area (Å²) in [4.78, 5) is 11.3. The Hall–Kier alpha value is -1.19. The maximum absolute atomic E-state index is 11.4. The van der Waals surface area contributed by atoms with Crippen LogP contribution < -0.4 is 0 Å². The summed E-state index contributed by atoms with van der Waals surface area (Å²) >= 11 is 0. The second-order valence-corrected chi connectivity index (χ2v) is 9.67. The molecule has 0 atom stereocenters. The standard InChI is InChI=1S/C11H22NO.C2F6NO4S2/c1-6-8-12(4,5)9-7-11(13)10(2)3;3-1(4,5)14(10,11)9-15(12,13)2(6,7)8/h2,6-9H2,1,3-5H3;/q+1;-1. The van der Waals surface area contributed by atoms with Crippen molar-refractivity contribution in [1.82, 2.24) is 0 Å². The van der Waals surface area contributed by atoms with Crippen LogP contribution in [0.3, 0.4) is 0 Å². The number of carbonyl (C=O) groups is 1. The Kier molecular flexibility index (Phi) is 10.4. The smallest absolute Gasteiger partial charge is 0.421 e. The molecule has 0 unspecified atom stereocenters. The van der Waals surface area contributed by atoms with Gasteiger partial charge in [-0.15, -0.1) is 0 Å². The number of hydrogen-bond acceptors (Lipinski definition) is 5. The van der Waals surface area contributed by atoms with Crippen LogP contribution in [0.5, 0.6) is 0 Å². The number of Topliss-reactive ketones (excluding diaryl/α,β-unsaturated/α-hetero) is 1. The molecular weight excluding hydrogens is 442 g/mol. The summed E-state index contributed by atoms with van der Waals surface area (Å²) in [5.74, 6) is 0.197. The summed E-state index contributed by atoms with van der Waals surface area (Å²) in [5, 5.41) is 0. The molecule has 7 nitrogen and oxygen atoms in total. The predicted octanol–water partition coefficient (Wildman–Crippen LogP) is 3.07. The second-order valence-electron chi connectivity index (χ2n) is 6.25. The van der Waals surface area contributed by atoms with Crippen molar-refractivity contribution in [3.8, 4) is 0 Å². The van der Waals surface area contributed by atoms with Gasteiger partial charge in [0.15, 0.2) is 25.8 Å². The van der Waals surface area contributed by atoms with Crippen LogP contribution in [-0.4, -0.2) is 65.3 Å². The fraction of sp³-hybridized carbons (Fsp3) is 0.769. The molecule has 0 heterocycles. The number of alkyl halides is 6. The van der Waals surface area contributed by atoms with Crippen molar-refractivity contribution in [2.75, 3.05) is 27.2 Å². The van der Waals surface area contributed by atoms with E-state index < -0.39 is 31.1 Å². The van der Waals surface area contributed by atoms with Crippen LogP contribution >= 0.6 is 0 Å². The monoisotopic (exact) mass is 464 g/mol. The Morgan fingerprint density at radius 1 is 0.929 bits per heavy atom. The summed E-state index contributed by atoms with van der Waals surface area (Å²) in [6.45, 7) is 9.64. The quantitative estimate of drug-likeness (QED) is 0.312. The van der Waals surface area contributed by atoms with E-state index in [0.717, 1.165) is 28.1 Å². The number of hydrogen-bond donors (Lipinski definition) is 0. The van der Waals surface area contributed by atoms with E-state index in [-0.39, 0.29) is 5.78 Å². The summed E-state index contributed by atoms with van der Waals surface area (Å²) in [6, 6.07) is 0. The molecule has 0 fully saturated rings. The van der Waals surface area contributed by atoms with E-state index in [4.69, 9.17) is 0 Å². The van der Waals surface area contributed by atoms with E-state index in [2.05, 4.69) is 27.6 Å². The molecule has 0 aliphatic rings. The fourth-order valence-corrected chi connectivity index (χ4v) is 3.26. The average Bonchev–Trinajstić information content (AvgIpc) is 2.41. The lowest BCUT2D eigenvalue weighted by Crippen LogP contribution is -2.41. The van der Waals surface area contributed by atoms with Gasteiger partial charge in [0.05, 0.1) is 33.6 Å². The molecule has 0 amide bonds. The minimum atomic E-state index is -6.72. The topological polar surface area (TPSA) is 99.4 Å². The van der Waals surface area contributed by atoms with E-state index in [1.807, 2.05) is 0 Å². The summed E-state index contributed by atoms with van der Waals surface area (Å²) in [5.41, 5.74) is -11.7. The normalized spacial score (nSPS) is 13.5. The lowest BCUT2D eigenvalue weighted by molar-refractivity contribution is -0.889. The van der Waals surface area contributed by atoms with Crippen LogP contribution in [-0.2, 0) is 24.8 Å². The van der Waals surface area contributed by atoms with E-state index in [1.165, 1.54) is 0 Å². The van der Waals surface area contributed by atoms with E-state index in [0.29, 0.717) is 12.0 Å². The molecule has 168 valence electrons. The molecular formula is C13H22F6N2O5S2. The Bertz CT molecular complexity index is 713. The van der Waals surface area contributed by atoms with Crippen molar-refractivity contribution in [3.05, 3.63) is 16.3 Å². The highest BCUT2D eigenvalue weighted by Gasteiger charge is 2.46. The lowest BCUT2D eigenvalue weighted by atomic mass is 10.1. The average molecular weight is 464 g/mol. The first-order valence-electron chi connectivity index (χ1n) is 7.47. The number of quaternary nitrogens is 1. The molecule has 0 saturated heterocycles. The molecule has 0 aliphatic carbocycles. The van der Waals surface area contributed by atoms with Crippen LogP contribution in [0.15, 0.2) is 12.2 Å². The molecule has 0 aliphatic heterocycles. The third-order valence-corrected chi connectivity index (χ3v) is 5.77. The largest absolute Gasteiger partial charge is 0.480 e. The van der Waals surface area contributed by atoms with Gasteiger partial charge in [0.2, 0.25) is 0 Å². The SMILES string of the molecule is C=C(C)C(=O)CC[N+](C)(C)CCC.O=S(=O)([N-]S(=O)(=O)C(F)(F)F)C(F)(F)F. The van der Waals surface area contributed by atoms with Crippen LogP contribution in [0.2, 0.25) is 0 Å². The van der Waals surface area contributed by atoms with Crippen LogP contribution in [0.4, 0.5) is 26.3 Å². The van der Waals surface area contributed by atoms with Crippen molar-refractivity contribution >= 4 is 25.8 Å². The Balaban J connectivity index is 0. The predicted molar refractivity (Wildman–Crippen MR) is 89.9 cm³/mol. The van der Waals surface area contributed by atoms with Crippen molar-refractivity contribution < 1.29 is 52.5 Å². The number of ketones is 1. The molecule has 0 saturated carbocycles. The van der Waals surface area contributed by atoms with Gasteiger partial charge in [0.25, 0.3) is 0 Å². The molecule has 0 aromatic carbocycles. The van der Waals surface area contributed by atoms with Gasteiger partial charge in [-0.05, 0) is 18.9 Å². The van der Waals surface area contributed by atoms with Crippen molar-refractivity contribution in [3.63, 3.8) is 0 Å². The number of nitrogens with zero attached hydrogens (tertiary/aromatic N) is 2. The number of halogens is 6. The zero-order chi connectivity index (χ0) is 23.2. The summed E-state index contributed by atoms with van der Waals surface area (Å²) in [6.07, 6.45) is 1.79. The minimum Gasteiger partial charge on any atom is -0.421 e. The highest BCUT2D eigenvalue weighted by atomic mass is 32.3. The first kappa shape index (κ1) is 29.0. The molecule has 0 spiro atoms. The molecule has 0 rings (SSSR count). The summed E-state index contributed by atoms with van der Waals surface area (Å²) < 4.78 is 110. The zero-order valence-electron chi connectivity index (χ0n) is 15.6. The highest BCUT2D eigenvalue weighted by molar-refractivity contribution is 8.13. The highest BCUT2D eigenvalue weighted by Crippen LogP contribution is 2.36. The van der Waals surface area contributed by atoms with Crippen LogP contribution in [0, 0.1) is 0 Å². The number of sulfonamides is 2. The molecule has 0 bridgehead atoms. The maximum atomic E-state index is 11.4. The molecule has 0 aromatic heterocycles. The Morgan fingerprint density at radius 2 is 1.29 bits per heavy atom. The minimum absolute atomic E-state index is 0.197. The molecule has 0 N–H and O–H groups in total. The van der Waals surface area contributed by atoms with Crippen molar-refractivity contribution in [1.29, 1.82) is 0 Å². The van der Waals surface area contributed by atoms with Crippen LogP contribution in [0.25, 0.3) is 4.13 Å². The van der Waals surface area contributed by atoms with Gasteiger partial charge in [0.1, 0.15) is 0 Å². The summed E-state index contributed by atoms with van der Waals surface area (Å²) in [7, 11) is -9.12. The maximum Gasteiger partial charge on any atom is 0.480 e. The van der Waals surface area contributed by atoms with Crippen molar-refractivity contribution in [2.45, 2.75) is 37.7 Å². The van der Waals surface area contributed by atoms with Gasteiger partial charge in [0, 0.05) is 0 Å². The Labute approximate surface area is 160 Å². The van der Waals surface area contributed by atoms with E-state index in [9.17, 15) is 48.0 Å². The Morgan fingerprint density at radius 3 is 1.54 bits per heavy atom. The third kappa shape index (κ3) is 10.4. The zero-order valence-corrected chi connectivity index (χ0v) is 17.2. The first-order valence-corrected chi connectivity index (χ1v) is 10.3. The molecule has 15 heteroatoms. The van der Waals surface area contributed by atoms with Gasteiger partial charge in [-0.3, -0.25) is 4.79 Å². The van der Waals surface area contributed by atoms with Crippen molar-refractivity contribution in [2.24, 2.45) is 0 Å². The lowest BCUT2D eigenvalue weighted by Gasteiger charge is -2.29. The second kappa shape index (κ2) is 10.0. The van der Waals surface area contributed by atoms with Gasteiger partial charge in [-0.2, -0.15) is 26.3 Å². The van der Waals surface area contributed by atoms with Gasteiger partial charge >= 0.3 is 11.0 Å². The molecule has 28 heavy (non-hydrogen) atoms. The third-order valence-electron chi connectivity index (χ3n) is 3.03. The van der Waals surface area contributed by atoms with Gasteiger partial charge in [-0.25, -0.2) is 16.8 Å². The first-order chi connectivity index (χ1) is 12.1. The molecule has 0 aromatic rings. The van der Waals surface area contributed by atoms with Gasteiger partial charge in [-0.1, -0.05) is 13.5 Å². The van der Waals surface area contributed by atoms with E-state index in [1.54, 1.807) is 6.92 Å². The van der Waals surface area contributed by atoms with Gasteiger partial charge < -0.3 is 8.61 Å². The van der Waals surface area contributed by atoms with Crippen LogP contribution in [0.1, 0.15) is 26.7 Å². The number of carbonyl (C=O) groups excluding carboxylic acids is 1. The van der Waals surface area contributed by atoms with E-state index >= 15 is 0 Å². The fourth-order valence-electron chi connectivity index (χ4n) is 1.55. The number of rotatable bonds is 8. The number of allylic oxidation sites excluding steroid dienone is 1. The molecule has 0 radical (unpaired) electrons.